The molecule has 4 N–H and O–H groups in total. The number of carbonyl (C=O) groups is 1. The second kappa shape index (κ2) is 11.5. The first kappa shape index (κ1) is 26.4. The zero-order valence-corrected chi connectivity index (χ0v) is 20.8. The number of rotatable bonds is 12. The number of amides is 1. The average molecular weight is 522 g/mol. The summed E-state index contributed by atoms with van der Waals surface area (Å²) in [7, 11) is -4.48. The Balaban J connectivity index is 1.48. The number of hydrogen-bond acceptors (Lipinski definition) is 7. The SMILES string of the molecule is CNS(=O)(=O)c1cccc(NOCCc2ccn(CC(=O)Nc3cccc(S(=O)(=O)NC)c3)c2)c1. The van der Waals surface area contributed by atoms with Crippen molar-refractivity contribution in [3.8, 4) is 0 Å². The van der Waals surface area contributed by atoms with E-state index in [-0.39, 0.29) is 22.2 Å². The molecule has 1 amide bonds. The lowest BCUT2D eigenvalue weighted by Gasteiger charge is -2.09. The molecule has 35 heavy (non-hydrogen) atoms. The first-order chi connectivity index (χ1) is 16.6. The fourth-order valence-electron chi connectivity index (χ4n) is 3.11. The Labute approximate surface area is 204 Å². The molecule has 0 saturated heterocycles. The minimum Gasteiger partial charge on any atom is -0.345 e. The van der Waals surface area contributed by atoms with Crippen molar-refractivity contribution in [2.24, 2.45) is 0 Å². The first-order valence-electron chi connectivity index (χ1n) is 10.5. The molecule has 2 aromatic carbocycles. The van der Waals surface area contributed by atoms with Crippen LogP contribution in [0.15, 0.2) is 76.8 Å². The molecule has 188 valence electrons. The van der Waals surface area contributed by atoms with Crippen LogP contribution < -0.4 is 20.2 Å². The number of anilines is 2. The highest BCUT2D eigenvalue weighted by Gasteiger charge is 2.13. The molecule has 0 unspecified atom stereocenters. The summed E-state index contributed by atoms with van der Waals surface area (Å²) in [6.45, 7) is 0.362. The van der Waals surface area contributed by atoms with E-state index in [4.69, 9.17) is 4.84 Å². The Morgan fingerprint density at radius 3 is 2.11 bits per heavy atom. The molecule has 1 heterocycles. The Kier molecular flexibility index (Phi) is 8.64. The van der Waals surface area contributed by atoms with E-state index >= 15 is 0 Å². The Bertz CT molecular complexity index is 1390. The van der Waals surface area contributed by atoms with E-state index in [2.05, 4.69) is 20.2 Å². The topological polar surface area (TPSA) is 148 Å². The molecule has 0 fully saturated rings. The van der Waals surface area contributed by atoms with Crippen molar-refractivity contribution in [2.75, 3.05) is 31.5 Å². The number of benzene rings is 2. The predicted molar refractivity (Wildman–Crippen MR) is 132 cm³/mol. The number of sulfonamides is 2. The van der Waals surface area contributed by atoms with Crippen LogP contribution >= 0.6 is 0 Å². The summed E-state index contributed by atoms with van der Waals surface area (Å²) in [6.07, 6.45) is 4.13. The van der Waals surface area contributed by atoms with Gasteiger partial charge >= 0.3 is 0 Å². The van der Waals surface area contributed by atoms with E-state index < -0.39 is 20.0 Å². The molecule has 0 spiro atoms. The van der Waals surface area contributed by atoms with Gasteiger partial charge in [-0.2, -0.15) is 0 Å². The number of carbonyl (C=O) groups excluding carboxylic acids is 1. The molecule has 0 aliphatic heterocycles. The van der Waals surface area contributed by atoms with E-state index in [9.17, 15) is 21.6 Å². The molecule has 11 nitrogen and oxygen atoms in total. The molecule has 13 heteroatoms. The van der Waals surface area contributed by atoms with Gasteiger partial charge in [-0.1, -0.05) is 12.1 Å². The van der Waals surface area contributed by atoms with Crippen molar-refractivity contribution in [1.29, 1.82) is 0 Å². The van der Waals surface area contributed by atoms with Crippen LogP contribution in [0.4, 0.5) is 11.4 Å². The smallest absolute Gasteiger partial charge is 0.244 e. The fraction of sp³-hybridized carbons (Fsp3) is 0.227. The minimum absolute atomic E-state index is 0.0504. The van der Waals surface area contributed by atoms with Crippen LogP contribution in [-0.4, -0.2) is 48.0 Å². The van der Waals surface area contributed by atoms with Crippen LogP contribution in [-0.2, 0) is 42.6 Å². The van der Waals surface area contributed by atoms with Gasteiger partial charge in [-0.15, -0.1) is 0 Å². The predicted octanol–water partition coefficient (Wildman–Crippen LogP) is 1.53. The van der Waals surface area contributed by atoms with E-state index in [0.29, 0.717) is 24.4 Å². The number of nitrogens with zero attached hydrogens (tertiary/aromatic N) is 1. The summed E-state index contributed by atoms with van der Waals surface area (Å²) in [4.78, 5) is 18.0. The molecule has 0 aliphatic carbocycles. The average Bonchev–Trinajstić information content (AvgIpc) is 3.29. The maximum absolute atomic E-state index is 12.4. The standard InChI is InChI=1S/C22H27N5O6S2/c1-23-34(29,30)20-7-3-5-18(13-20)25-22(28)16-27-11-9-17(15-27)10-12-33-26-19-6-4-8-21(14-19)35(31,32)24-2/h3-9,11,13-15,23-24,26H,10,12,16H2,1-2H3,(H,25,28). The third-order valence-electron chi connectivity index (χ3n) is 4.93. The maximum Gasteiger partial charge on any atom is 0.244 e. The van der Waals surface area contributed by atoms with Crippen LogP contribution in [0.25, 0.3) is 0 Å². The molecular weight excluding hydrogens is 494 g/mol. The first-order valence-corrected chi connectivity index (χ1v) is 13.5. The monoisotopic (exact) mass is 521 g/mol. The van der Waals surface area contributed by atoms with Crippen LogP contribution in [0.2, 0.25) is 0 Å². The maximum atomic E-state index is 12.4. The second-order valence-electron chi connectivity index (χ2n) is 7.41. The number of aromatic nitrogens is 1. The van der Waals surface area contributed by atoms with Gasteiger partial charge in [-0.05, 0) is 68.5 Å². The van der Waals surface area contributed by atoms with Crippen molar-refractivity contribution >= 4 is 37.3 Å². The summed E-state index contributed by atoms with van der Waals surface area (Å²) >= 11 is 0. The molecular formula is C22H27N5O6S2. The zero-order valence-electron chi connectivity index (χ0n) is 19.2. The van der Waals surface area contributed by atoms with Crippen LogP contribution in [0, 0.1) is 0 Å². The van der Waals surface area contributed by atoms with Gasteiger partial charge in [-0.3, -0.25) is 15.1 Å². The van der Waals surface area contributed by atoms with Gasteiger partial charge in [0, 0.05) is 18.1 Å². The lowest BCUT2D eigenvalue weighted by Crippen LogP contribution is -2.20. The van der Waals surface area contributed by atoms with Gasteiger partial charge in [0.05, 0.1) is 22.1 Å². The molecule has 1 aromatic heterocycles. The van der Waals surface area contributed by atoms with Crippen molar-refractivity contribution in [2.45, 2.75) is 22.8 Å². The molecule has 0 radical (unpaired) electrons. The van der Waals surface area contributed by atoms with E-state index in [0.717, 1.165) is 5.56 Å². The zero-order chi connectivity index (χ0) is 25.5. The third-order valence-corrected chi connectivity index (χ3v) is 7.75. The van der Waals surface area contributed by atoms with Crippen molar-refractivity contribution < 1.29 is 26.5 Å². The lowest BCUT2D eigenvalue weighted by molar-refractivity contribution is -0.116. The number of nitrogens with one attached hydrogen (secondary N) is 4. The highest BCUT2D eigenvalue weighted by atomic mass is 32.2. The van der Waals surface area contributed by atoms with Gasteiger partial charge in [0.15, 0.2) is 0 Å². The minimum atomic E-state index is -3.60. The quantitative estimate of drug-likeness (QED) is 0.209. The molecule has 0 bridgehead atoms. The Morgan fingerprint density at radius 1 is 0.886 bits per heavy atom. The Morgan fingerprint density at radius 2 is 1.49 bits per heavy atom. The molecule has 3 rings (SSSR count). The summed E-state index contributed by atoms with van der Waals surface area (Å²) in [6, 6.07) is 14.1. The van der Waals surface area contributed by atoms with Crippen molar-refractivity contribution in [3.05, 3.63) is 72.6 Å². The van der Waals surface area contributed by atoms with E-state index in [1.807, 2.05) is 12.3 Å². The molecule has 3 aromatic rings. The molecule has 0 aliphatic rings. The van der Waals surface area contributed by atoms with Crippen LogP contribution in [0.3, 0.4) is 0 Å². The summed E-state index contributed by atoms with van der Waals surface area (Å²) in [5.41, 5.74) is 4.55. The largest absolute Gasteiger partial charge is 0.345 e. The number of hydrogen-bond donors (Lipinski definition) is 4. The van der Waals surface area contributed by atoms with Gasteiger partial charge in [0.25, 0.3) is 0 Å². The summed E-state index contributed by atoms with van der Waals surface area (Å²) in [5, 5.41) is 2.69. The van der Waals surface area contributed by atoms with E-state index in [1.54, 1.807) is 35.0 Å². The highest BCUT2D eigenvalue weighted by molar-refractivity contribution is 7.89. The second-order valence-corrected chi connectivity index (χ2v) is 11.2. The van der Waals surface area contributed by atoms with Gasteiger partial charge in [0.2, 0.25) is 26.0 Å². The fourth-order valence-corrected chi connectivity index (χ4v) is 4.66. The third kappa shape index (κ3) is 7.37. The highest BCUT2D eigenvalue weighted by Crippen LogP contribution is 2.16. The lowest BCUT2D eigenvalue weighted by atomic mass is 10.2. The van der Waals surface area contributed by atoms with Crippen molar-refractivity contribution in [1.82, 2.24) is 14.0 Å². The normalized spacial score (nSPS) is 11.8. The molecule has 0 saturated carbocycles. The Hall–Kier alpha value is -3.23. The summed E-state index contributed by atoms with van der Waals surface area (Å²) in [5.74, 6) is -0.305. The van der Waals surface area contributed by atoms with Crippen LogP contribution in [0.5, 0.6) is 0 Å². The van der Waals surface area contributed by atoms with Crippen LogP contribution in [0.1, 0.15) is 5.56 Å². The van der Waals surface area contributed by atoms with Crippen molar-refractivity contribution in [3.63, 3.8) is 0 Å². The molecule has 0 atom stereocenters. The van der Waals surface area contributed by atoms with E-state index in [1.165, 1.54) is 38.4 Å². The van der Waals surface area contributed by atoms with Gasteiger partial charge in [0.1, 0.15) is 6.54 Å². The van der Waals surface area contributed by atoms with Gasteiger partial charge in [-0.25, -0.2) is 26.3 Å². The summed E-state index contributed by atoms with van der Waals surface area (Å²) < 4.78 is 53.8. The van der Waals surface area contributed by atoms with Gasteiger partial charge < -0.3 is 9.88 Å².